The summed E-state index contributed by atoms with van der Waals surface area (Å²) in [6.07, 6.45) is 10.2. The van der Waals surface area contributed by atoms with Gasteiger partial charge in [0.25, 0.3) is 0 Å². The molecule has 0 saturated heterocycles. The van der Waals surface area contributed by atoms with Crippen LogP contribution in [-0.4, -0.2) is 12.6 Å². The molecule has 2 aliphatic carbocycles. The molecule has 2 rings (SSSR count). The third kappa shape index (κ3) is 3.47. The number of hydrogen-bond donors (Lipinski definition) is 1. The van der Waals surface area contributed by atoms with Gasteiger partial charge in [0.1, 0.15) is 0 Å². The fourth-order valence-electron chi connectivity index (χ4n) is 4.07. The largest absolute Gasteiger partial charge is 0.313 e. The second-order valence-electron chi connectivity index (χ2n) is 6.84. The third-order valence-corrected chi connectivity index (χ3v) is 5.45. The highest BCUT2D eigenvalue weighted by molar-refractivity contribution is 4.85. The summed E-state index contributed by atoms with van der Waals surface area (Å²) in [6.45, 7) is 8.62. The Labute approximate surface area is 108 Å². The molecule has 2 aliphatic rings. The van der Waals surface area contributed by atoms with E-state index in [0.717, 1.165) is 29.7 Å². The highest BCUT2D eigenvalue weighted by Gasteiger charge is 2.29. The van der Waals surface area contributed by atoms with Crippen molar-refractivity contribution in [3.8, 4) is 0 Å². The zero-order valence-corrected chi connectivity index (χ0v) is 12.0. The van der Waals surface area contributed by atoms with E-state index in [9.17, 15) is 0 Å². The van der Waals surface area contributed by atoms with Gasteiger partial charge in [0.2, 0.25) is 0 Å². The van der Waals surface area contributed by atoms with Crippen LogP contribution < -0.4 is 5.32 Å². The molecule has 0 heterocycles. The molecule has 1 N–H and O–H groups in total. The predicted molar refractivity (Wildman–Crippen MR) is 75.1 cm³/mol. The van der Waals surface area contributed by atoms with Crippen LogP contribution in [0.4, 0.5) is 0 Å². The highest BCUT2D eigenvalue weighted by Crippen LogP contribution is 2.31. The Morgan fingerprint density at radius 1 is 0.765 bits per heavy atom. The van der Waals surface area contributed by atoms with E-state index in [2.05, 4.69) is 26.1 Å². The van der Waals surface area contributed by atoms with E-state index in [0.29, 0.717) is 0 Å². The first-order valence-electron chi connectivity index (χ1n) is 7.92. The standard InChI is InChI=1S/C16H31N/c1-12-7-4-5-10-15(12)11-17-16-13(2)8-6-9-14(16)3/h12-17H,4-11H2,1-3H3. The van der Waals surface area contributed by atoms with Crippen molar-refractivity contribution in [3.05, 3.63) is 0 Å². The third-order valence-electron chi connectivity index (χ3n) is 5.45. The SMILES string of the molecule is CC1CCCCC1CNC1C(C)CCCC1C. The summed E-state index contributed by atoms with van der Waals surface area (Å²) >= 11 is 0. The van der Waals surface area contributed by atoms with Gasteiger partial charge in [0, 0.05) is 6.04 Å². The fraction of sp³-hybridized carbons (Fsp3) is 1.00. The Morgan fingerprint density at radius 3 is 2.00 bits per heavy atom. The van der Waals surface area contributed by atoms with E-state index < -0.39 is 0 Å². The maximum absolute atomic E-state index is 3.92. The van der Waals surface area contributed by atoms with Gasteiger partial charge in [-0.05, 0) is 49.5 Å². The molecule has 1 heteroatoms. The predicted octanol–water partition coefficient (Wildman–Crippen LogP) is 4.23. The van der Waals surface area contributed by atoms with Crippen molar-refractivity contribution in [1.29, 1.82) is 0 Å². The smallest absolute Gasteiger partial charge is 0.0118 e. The highest BCUT2D eigenvalue weighted by atomic mass is 14.9. The van der Waals surface area contributed by atoms with Crippen molar-refractivity contribution in [2.75, 3.05) is 6.54 Å². The summed E-state index contributed by atoms with van der Waals surface area (Å²) in [5.41, 5.74) is 0. The van der Waals surface area contributed by atoms with Gasteiger partial charge >= 0.3 is 0 Å². The van der Waals surface area contributed by atoms with Crippen molar-refractivity contribution >= 4 is 0 Å². The fourth-order valence-corrected chi connectivity index (χ4v) is 4.07. The first kappa shape index (κ1) is 13.4. The normalized spacial score (nSPS) is 43.6. The molecule has 2 saturated carbocycles. The molecule has 0 amide bonds. The van der Waals surface area contributed by atoms with Crippen LogP contribution in [0, 0.1) is 23.7 Å². The van der Waals surface area contributed by atoms with Crippen molar-refractivity contribution in [2.24, 2.45) is 23.7 Å². The van der Waals surface area contributed by atoms with E-state index in [4.69, 9.17) is 0 Å². The van der Waals surface area contributed by atoms with Crippen LogP contribution in [0.5, 0.6) is 0 Å². The maximum Gasteiger partial charge on any atom is 0.0118 e. The number of nitrogens with one attached hydrogen (secondary N) is 1. The number of rotatable bonds is 3. The summed E-state index contributed by atoms with van der Waals surface area (Å²) in [5.74, 6) is 3.67. The Kier molecular flexibility index (Phi) is 4.90. The lowest BCUT2D eigenvalue weighted by atomic mass is 9.77. The Morgan fingerprint density at radius 2 is 1.35 bits per heavy atom. The molecule has 0 spiro atoms. The molecular formula is C16H31N. The summed E-state index contributed by atoms with van der Waals surface area (Å²) in [5, 5.41) is 3.92. The second-order valence-corrected chi connectivity index (χ2v) is 6.84. The zero-order chi connectivity index (χ0) is 12.3. The minimum Gasteiger partial charge on any atom is -0.313 e. The van der Waals surface area contributed by atoms with Crippen molar-refractivity contribution in [2.45, 2.75) is 71.8 Å². The van der Waals surface area contributed by atoms with Crippen molar-refractivity contribution in [1.82, 2.24) is 5.32 Å². The molecule has 0 bridgehead atoms. The summed E-state index contributed by atoms with van der Waals surface area (Å²) in [7, 11) is 0. The van der Waals surface area contributed by atoms with Crippen molar-refractivity contribution < 1.29 is 0 Å². The monoisotopic (exact) mass is 237 g/mol. The van der Waals surface area contributed by atoms with Crippen LogP contribution in [-0.2, 0) is 0 Å². The average molecular weight is 237 g/mol. The molecule has 0 aromatic carbocycles. The topological polar surface area (TPSA) is 12.0 Å². The lowest BCUT2D eigenvalue weighted by Crippen LogP contribution is -2.45. The zero-order valence-electron chi connectivity index (χ0n) is 12.0. The molecule has 0 aromatic heterocycles. The first-order valence-corrected chi connectivity index (χ1v) is 7.92. The van der Waals surface area contributed by atoms with E-state index >= 15 is 0 Å². The van der Waals surface area contributed by atoms with Crippen LogP contribution in [0.15, 0.2) is 0 Å². The number of hydrogen-bond acceptors (Lipinski definition) is 1. The van der Waals surface area contributed by atoms with E-state index in [1.807, 2.05) is 0 Å². The van der Waals surface area contributed by atoms with Gasteiger partial charge in [0.15, 0.2) is 0 Å². The average Bonchev–Trinajstić information content (AvgIpc) is 2.30. The van der Waals surface area contributed by atoms with E-state index in [1.165, 1.54) is 51.5 Å². The molecule has 1 nitrogen and oxygen atoms in total. The molecule has 0 radical (unpaired) electrons. The molecule has 0 aromatic rings. The maximum atomic E-state index is 3.92. The Hall–Kier alpha value is -0.0400. The van der Waals surface area contributed by atoms with Gasteiger partial charge < -0.3 is 5.32 Å². The van der Waals surface area contributed by atoms with Gasteiger partial charge in [-0.3, -0.25) is 0 Å². The molecule has 4 atom stereocenters. The van der Waals surface area contributed by atoms with E-state index in [-0.39, 0.29) is 0 Å². The Bertz CT molecular complexity index is 216. The quantitative estimate of drug-likeness (QED) is 0.774. The summed E-state index contributed by atoms with van der Waals surface area (Å²) < 4.78 is 0. The van der Waals surface area contributed by atoms with Gasteiger partial charge in [-0.15, -0.1) is 0 Å². The van der Waals surface area contributed by atoms with E-state index in [1.54, 1.807) is 0 Å². The van der Waals surface area contributed by atoms with Gasteiger partial charge in [-0.2, -0.15) is 0 Å². The molecule has 0 aliphatic heterocycles. The summed E-state index contributed by atoms with van der Waals surface area (Å²) in [6, 6.07) is 0.790. The Balaban J connectivity index is 1.79. The van der Waals surface area contributed by atoms with Gasteiger partial charge in [-0.25, -0.2) is 0 Å². The lowest BCUT2D eigenvalue weighted by Gasteiger charge is -2.38. The molecule has 4 unspecified atom stereocenters. The minimum atomic E-state index is 0.790. The molecule has 17 heavy (non-hydrogen) atoms. The molecular weight excluding hydrogens is 206 g/mol. The van der Waals surface area contributed by atoms with Crippen LogP contribution in [0.2, 0.25) is 0 Å². The molecule has 100 valence electrons. The molecule has 2 fully saturated rings. The van der Waals surface area contributed by atoms with Gasteiger partial charge in [0.05, 0.1) is 0 Å². The van der Waals surface area contributed by atoms with Crippen LogP contribution in [0.1, 0.15) is 65.7 Å². The summed E-state index contributed by atoms with van der Waals surface area (Å²) in [4.78, 5) is 0. The minimum absolute atomic E-state index is 0.790. The van der Waals surface area contributed by atoms with Crippen LogP contribution in [0.25, 0.3) is 0 Å². The second kappa shape index (κ2) is 6.22. The van der Waals surface area contributed by atoms with Gasteiger partial charge in [-0.1, -0.05) is 46.5 Å². The van der Waals surface area contributed by atoms with Crippen LogP contribution >= 0.6 is 0 Å². The lowest BCUT2D eigenvalue weighted by molar-refractivity contribution is 0.177. The van der Waals surface area contributed by atoms with Crippen LogP contribution in [0.3, 0.4) is 0 Å². The first-order chi connectivity index (χ1) is 8.18. The van der Waals surface area contributed by atoms with Crippen molar-refractivity contribution in [3.63, 3.8) is 0 Å².